The highest BCUT2D eigenvalue weighted by atomic mass is 19.4. The third kappa shape index (κ3) is 3.72. The zero-order valence-electron chi connectivity index (χ0n) is 14.0. The number of nitrogens with zero attached hydrogens (tertiary/aromatic N) is 3. The van der Waals surface area contributed by atoms with Gasteiger partial charge in [0.2, 0.25) is 11.5 Å². The van der Waals surface area contributed by atoms with Crippen molar-refractivity contribution in [3.8, 4) is 0 Å². The van der Waals surface area contributed by atoms with E-state index in [9.17, 15) is 23.1 Å². The van der Waals surface area contributed by atoms with E-state index in [1.165, 1.54) is 13.2 Å². The summed E-state index contributed by atoms with van der Waals surface area (Å²) >= 11 is 0. The summed E-state index contributed by atoms with van der Waals surface area (Å²) in [4.78, 5) is 17.7. The normalized spacial score (nSPS) is 24.2. The zero-order valence-corrected chi connectivity index (χ0v) is 14.0. The SMILES string of the molecule is CN(C)C1CCC(NC(=O)CC(O)(c2nccn2C)C(F)(F)F)C1. The molecule has 0 aromatic carbocycles. The van der Waals surface area contributed by atoms with Crippen molar-refractivity contribution < 1.29 is 23.1 Å². The number of alkyl halides is 3. The molecule has 0 spiro atoms. The van der Waals surface area contributed by atoms with Crippen LogP contribution in [0.15, 0.2) is 12.4 Å². The maximum atomic E-state index is 13.4. The minimum atomic E-state index is -5.01. The van der Waals surface area contributed by atoms with Crippen LogP contribution >= 0.6 is 0 Å². The first kappa shape index (κ1) is 18.7. The molecule has 136 valence electrons. The van der Waals surface area contributed by atoms with Gasteiger partial charge in [-0.25, -0.2) is 4.98 Å². The largest absolute Gasteiger partial charge is 0.425 e. The number of aryl methyl sites for hydroxylation is 1. The third-order valence-electron chi connectivity index (χ3n) is 4.58. The van der Waals surface area contributed by atoms with Crippen molar-refractivity contribution in [2.45, 2.75) is 49.5 Å². The van der Waals surface area contributed by atoms with Crippen LogP contribution in [0.5, 0.6) is 0 Å². The van der Waals surface area contributed by atoms with E-state index < -0.39 is 29.9 Å². The molecule has 1 aromatic rings. The second-order valence-electron chi connectivity index (χ2n) is 6.59. The molecule has 0 bridgehead atoms. The molecule has 0 radical (unpaired) electrons. The fourth-order valence-corrected chi connectivity index (χ4v) is 3.14. The Hall–Kier alpha value is -1.61. The van der Waals surface area contributed by atoms with E-state index in [4.69, 9.17) is 0 Å². The van der Waals surface area contributed by atoms with Gasteiger partial charge < -0.3 is 19.9 Å². The quantitative estimate of drug-likeness (QED) is 0.838. The molecule has 1 aliphatic carbocycles. The number of amides is 1. The molecular formula is C15H23F3N4O2. The van der Waals surface area contributed by atoms with Gasteiger partial charge in [0.1, 0.15) is 0 Å². The van der Waals surface area contributed by atoms with Gasteiger partial charge in [-0.1, -0.05) is 0 Å². The Bertz CT molecular complexity index is 588. The standard InChI is InChI=1S/C15H23F3N4O2/c1-21(2)11-5-4-10(8-11)20-12(23)9-14(24,15(16,17)18)13-19-6-7-22(13)3/h6-7,10-11,24H,4-5,8-9H2,1-3H3,(H,20,23). The number of halogens is 3. The summed E-state index contributed by atoms with van der Waals surface area (Å²) in [5, 5.41) is 12.8. The van der Waals surface area contributed by atoms with Gasteiger partial charge in [-0.15, -0.1) is 0 Å². The Labute approximate surface area is 138 Å². The van der Waals surface area contributed by atoms with Crippen molar-refractivity contribution >= 4 is 5.91 Å². The van der Waals surface area contributed by atoms with Crippen molar-refractivity contribution in [2.24, 2.45) is 7.05 Å². The highest BCUT2D eigenvalue weighted by Crippen LogP contribution is 2.40. The number of rotatable bonds is 5. The van der Waals surface area contributed by atoms with Crippen LogP contribution in [0.4, 0.5) is 13.2 Å². The first-order valence-electron chi connectivity index (χ1n) is 7.77. The summed E-state index contributed by atoms with van der Waals surface area (Å²) in [5.41, 5.74) is -3.31. The minimum Gasteiger partial charge on any atom is -0.374 e. The molecule has 3 atom stereocenters. The average molecular weight is 348 g/mol. The van der Waals surface area contributed by atoms with Crippen LogP contribution < -0.4 is 5.32 Å². The van der Waals surface area contributed by atoms with E-state index >= 15 is 0 Å². The van der Waals surface area contributed by atoms with E-state index in [0.717, 1.165) is 17.2 Å². The molecule has 0 saturated heterocycles. The number of hydrogen-bond acceptors (Lipinski definition) is 4. The van der Waals surface area contributed by atoms with E-state index in [1.807, 2.05) is 19.0 Å². The van der Waals surface area contributed by atoms with Gasteiger partial charge in [-0.2, -0.15) is 13.2 Å². The average Bonchev–Trinajstić information content (AvgIpc) is 3.06. The molecule has 1 amide bonds. The second kappa shape index (κ2) is 6.72. The fraction of sp³-hybridized carbons (Fsp3) is 0.733. The van der Waals surface area contributed by atoms with Crippen molar-refractivity contribution in [2.75, 3.05) is 14.1 Å². The zero-order chi connectivity index (χ0) is 18.1. The molecule has 2 rings (SSSR count). The Morgan fingerprint density at radius 2 is 2.12 bits per heavy atom. The number of imidazole rings is 1. The van der Waals surface area contributed by atoms with Gasteiger partial charge in [0, 0.05) is 31.5 Å². The van der Waals surface area contributed by atoms with E-state index in [0.29, 0.717) is 18.9 Å². The summed E-state index contributed by atoms with van der Waals surface area (Å²) in [6.45, 7) is 0. The number of aromatic nitrogens is 2. The van der Waals surface area contributed by atoms with Crippen LogP contribution in [-0.4, -0.2) is 57.8 Å². The van der Waals surface area contributed by atoms with Crippen LogP contribution in [0.2, 0.25) is 0 Å². The monoisotopic (exact) mass is 348 g/mol. The van der Waals surface area contributed by atoms with Gasteiger partial charge in [0.15, 0.2) is 5.82 Å². The van der Waals surface area contributed by atoms with Crippen molar-refractivity contribution in [1.29, 1.82) is 0 Å². The first-order valence-corrected chi connectivity index (χ1v) is 7.77. The molecule has 2 N–H and O–H groups in total. The number of carbonyl (C=O) groups is 1. The van der Waals surface area contributed by atoms with Crippen molar-refractivity contribution in [1.82, 2.24) is 19.8 Å². The summed E-state index contributed by atoms with van der Waals surface area (Å²) in [5.74, 6) is -1.43. The summed E-state index contributed by atoms with van der Waals surface area (Å²) in [6, 6.07) is 0.120. The van der Waals surface area contributed by atoms with Crippen LogP contribution in [-0.2, 0) is 17.4 Å². The topological polar surface area (TPSA) is 70.4 Å². The summed E-state index contributed by atoms with van der Waals surface area (Å²) in [7, 11) is 5.20. The van der Waals surface area contributed by atoms with Crippen molar-refractivity contribution in [3.63, 3.8) is 0 Å². The van der Waals surface area contributed by atoms with E-state index in [2.05, 4.69) is 10.3 Å². The molecule has 1 aromatic heterocycles. The van der Waals surface area contributed by atoms with Gasteiger partial charge in [-0.05, 0) is 33.4 Å². The Balaban J connectivity index is 2.08. The lowest BCUT2D eigenvalue weighted by Gasteiger charge is -2.29. The van der Waals surface area contributed by atoms with Crippen LogP contribution in [0.1, 0.15) is 31.5 Å². The summed E-state index contributed by atoms with van der Waals surface area (Å²) < 4.78 is 41.3. The predicted octanol–water partition coefficient (Wildman–Crippen LogP) is 1.16. The van der Waals surface area contributed by atoms with E-state index in [1.54, 1.807) is 0 Å². The second-order valence-corrected chi connectivity index (χ2v) is 6.59. The molecule has 1 saturated carbocycles. The van der Waals surface area contributed by atoms with Crippen LogP contribution in [0.25, 0.3) is 0 Å². The van der Waals surface area contributed by atoms with Crippen LogP contribution in [0.3, 0.4) is 0 Å². The van der Waals surface area contributed by atoms with E-state index in [-0.39, 0.29) is 6.04 Å². The van der Waals surface area contributed by atoms with Gasteiger partial charge >= 0.3 is 6.18 Å². The number of hydrogen-bond donors (Lipinski definition) is 2. The lowest BCUT2D eigenvalue weighted by atomic mass is 9.97. The van der Waals surface area contributed by atoms with Crippen LogP contribution in [0, 0.1) is 0 Å². The molecule has 1 heterocycles. The number of carbonyl (C=O) groups excluding carboxylic acids is 1. The highest BCUT2D eigenvalue weighted by molar-refractivity contribution is 5.77. The molecule has 1 aliphatic rings. The molecule has 6 nitrogen and oxygen atoms in total. The predicted molar refractivity (Wildman–Crippen MR) is 81.0 cm³/mol. The Kier molecular flexibility index (Phi) is 5.24. The maximum absolute atomic E-state index is 13.4. The first-order chi connectivity index (χ1) is 11.0. The molecule has 24 heavy (non-hydrogen) atoms. The van der Waals surface area contributed by atoms with Gasteiger partial charge in [-0.3, -0.25) is 4.79 Å². The van der Waals surface area contributed by atoms with Gasteiger partial charge in [0.05, 0.1) is 6.42 Å². The third-order valence-corrected chi connectivity index (χ3v) is 4.58. The highest BCUT2D eigenvalue weighted by Gasteiger charge is 2.58. The smallest absolute Gasteiger partial charge is 0.374 e. The van der Waals surface area contributed by atoms with Gasteiger partial charge in [0.25, 0.3) is 0 Å². The molecule has 3 unspecified atom stereocenters. The fourth-order valence-electron chi connectivity index (χ4n) is 3.14. The lowest BCUT2D eigenvalue weighted by molar-refractivity contribution is -0.271. The number of aliphatic hydroxyl groups is 1. The molecule has 0 aliphatic heterocycles. The Morgan fingerprint density at radius 3 is 2.58 bits per heavy atom. The minimum absolute atomic E-state index is 0.177. The lowest BCUT2D eigenvalue weighted by Crippen LogP contribution is -2.49. The molecular weight excluding hydrogens is 325 g/mol. The molecule has 9 heteroatoms. The number of nitrogens with one attached hydrogen (secondary N) is 1. The summed E-state index contributed by atoms with van der Waals surface area (Å²) in [6.07, 6.45) is -1.39. The Morgan fingerprint density at radius 1 is 1.46 bits per heavy atom. The molecule has 1 fully saturated rings. The van der Waals surface area contributed by atoms with Crippen molar-refractivity contribution in [3.05, 3.63) is 18.2 Å². The maximum Gasteiger partial charge on any atom is 0.425 e.